The van der Waals surface area contributed by atoms with Crippen LogP contribution in [0.15, 0.2) is 36.4 Å². The van der Waals surface area contributed by atoms with Crippen LogP contribution in [0.3, 0.4) is 0 Å². The smallest absolute Gasteiger partial charge is 0.249 e. The summed E-state index contributed by atoms with van der Waals surface area (Å²) >= 11 is 2.23. The van der Waals surface area contributed by atoms with Crippen LogP contribution in [0.4, 0.5) is 9.59 Å². The Kier molecular flexibility index (Phi) is 14.2. The second-order valence-corrected chi connectivity index (χ2v) is 4.91. The molecule has 1 aromatic carbocycles. The van der Waals surface area contributed by atoms with Crippen LogP contribution in [0.25, 0.3) is 0 Å². The molecule has 0 spiro atoms. The van der Waals surface area contributed by atoms with Crippen LogP contribution in [0.1, 0.15) is 20.3 Å². The van der Waals surface area contributed by atoms with Gasteiger partial charge in [0.05, 0.1) is 0 Å². The molecule has 1 unspecified atom stereocenters. The summed E-state index contributed by atoms with van der Waals surface area (Å²) < 4.78 is 10.8. The topological polar surface area (TPSA) is 139 Å². The fourth-order valence-electron chi connectivity index (χ4n) is 1.55. The standard InChI is InChI=1S/C13H18O2.2CH2O3.Al/c1-10(2)8-11(3)9-15-13-7-5-4-6-12(13)14;2*2-1(3)4;/h4-7,11,14H,1,8-9H2,2-3H3;2*(H2,2,3,4);/q;;;+3/p-3. The quantitative estimate of drug-likeness (QED) is 0.567. The largest absolute Gasteiger partial charge is 0.565 e. The first-order valence-electron chi connectivity index (χ1n) is 6.62. The Morgan fingerprint density at radius 2 is 1.62 bits per heavy atom. The predicted octanol–water partition coefficient (Wildman–Crippen LogP) is 0.905. The third kappa shape index (κ3) is 17.7. The van der Waals surface area contributed by atoms with Gasteiger partial charge in [0, 0.05) is 0 Å². The fraction of sp³-hybridized carbons (Fsp3) is 0.333. The molecule has 0 fully saturated rings. The van der Waals surface area contributed by atoms with Gasteiger partial charge < -0.3 is 30.0 Å². The molecule has 0 heterocycles. The van der Waals surface area contributed by atoms with Crippen LogP contribution in [0.2, 0.25) is 0 Å². The van der Waals surface area contributed by atoms with E-state index in [0.29, 0.717) is 12.5 Å². The van der Waals surface area contributed by atoms with E-state index in [9.17, 15) is 0 Å². The molecular weight excluding hydrogens is 335 g/mol. The van der Waals surface area contributed by atoms with Crippen molar-refractivity contribution < 1.29 is 38.5 Å². The van der Waals surface area contributed by atoms with E-state index >= 15 is 0 Å². The number of para-hydroxylation sites is 2. The van der Waals surface area contributed by atoms with Gasteiger partial charge in [-0.25, -0.2) is 0 Å². The average Bonchev–Trinajstić information content (AvgIpc) is 2.43. The molecule has 1 atom stereocenters. The van der Waals surface area contributed by atoms with E-state index in [1.807, 2.05) is 31.2 Å². The van der Waals surface area contributed by atoms with E-state index in [2.05, 4.69) is 30.1 Å². The Morgan fingerprint density at radius 1 is 1.21 bits per heavy atom. The van der Waals surface area contributed by atoms with E-state index in [-0.39, 0.29) is 0 Å². The van der Waals surface area contributed by atoms with E-state index in [1.54, 1.807) is 0 Å². The summed E-state index contributed by atoms with van der Waals surface area (Å²) in [5.74, 6) is 2.00. The number of allylic oxidation sites excluding steroid dienone is 1. The molecule has 0 saturated heterocycles. The van der Waals surface area contributed by atoms with Crippen molar-refractivity contribution in [1.29, 1.82) is 0 Å². The summed E-state index contributed by atoms with van der Waals surface area (Å²) in [5.41, 5.74) is 1.19. The number of hydrogen-bond donors (Lipinski definition) is 2. The molecule has 1 rings (SSSR count). The second kappa shape index (κ2) is 14.2. The van der Waals surface area contributed by atoms with Gasteiger partial charge in [0.1, 0.15) is 0 Å². The first kappa shape index (κ1) is 23.9. The summed E-state index contributed by atoms with van der Waals surface area (Å²) in [4.78, 5) is 16.9. The van der Waals surface area contributed by atoms with E-state index in [1.165, 1.54) is 5.57 Å². The van der Waals surface area contributed by atoms with Crippen molar-refractivity contribution >= 4 is 28.9 Å². The molecule has 0 bridgehead atoms. The zero-order valence-corrected chi connectivity index (χ0v) is 14.6. The Morgan fingerprint density at radius 3 is 2.00 bits per heavy atom. The summed E-state index contributed by atoms with van der Waals surface area (Å²) in [6, 6.07) is 7.65. The van der Waals surface area contributed by atoms with Crippen molar-refractivity contribution in [3.8, 4) is 11.5 Å². The van der Waals surface area contributed by atoms with Gasteiger partial charge in [-0.05, 0) is 0 Å². The minimum atomic E-state index is -2.08. The molecule has 24 heavy (non-hydrogen) atoms. The monoisotopic (exact) mass is 354 g/mol. The van der Waals surface area contributed by atoms with Gasteiger partial charge in [-0.3, -0.25) is 0 Å². The van der Waals surface area contributed by atoms with Gasteiger partial charge in [-0.1, -0.05) is 0 Å². The van der Waals surface area contributed by atoms with Crippen molar-refractivity contribution in [2.75, 3.05) is 6.61 Å². The second-order valence-electron chi connectivity index (χ2n) is 4.67. The van der Waals surface area contributed by atoms with Crippen molar-refractivity contribution in [2.45, 2.75) is 20.3 Å². The number of carboxylic acid groups (broad SMARTS) is 4. The summed E-state index contributed by atoms with van der Waals surface area (Å²) in [7, 11) is 0. The number of hydrogen-bond acceptors (Lipinski definition) is 6. The predicted molar refractivity (Wildman–Crippen MR) is 83.0 cm³/mol. The van der Waals surface area contributed by atoms with Crippen LogP contribution in [0, 0.1) is 5.92 Å². The molecule has 0 aliphatic rings. The van der Waals surface area contributed by atoms with Gasteiger partial charge in [0.25, 0.3) is 0 Å². The van der Waals surface area contributed by atoms with Crippen molar-refractivity contribution in [3.63, 3.8) is 0 Å². The molecule has 130 valence electrons. The molecule has 0 radical (unpaired) electrons. The molecule has 8 nitrogen and oxygen atoms in total. The van der Waals surface area contributed by atoms with Crippen LogP contribution in [-0.4, -0.2) is 45.8 Å². The molecular formula is C15H19AlO8. The number of ether oxygens (including phenoxy) is 1. The number of carbonyl (C=O) groups is 2. The zero-order valence-electron chi connectivity index (χ0n) is 13.4. The Hall–Kier alpha value is -2.37. The van der Waals surface area contributed by atoms with E-state index < -0.39 is 12.3 Å². The van der Waals surface area contributed by atoms with Gasteiger partial charge in [-0.15, -0.1) is 0 Å². The normalized spacial score (nSPS) is 10.0. The summed E-state index contributed by atoms with van der Waals surface area (Å²) in [6.07, 6.45) is -3.18. The van der Waals surface area contributed by atoms with Crippen molar-refractivity contribution in [1.82, 2.24) is 0 Å². The minimum Gasteiger partial charge on any atom is -0.565 e. The first-order valence-corrected chi connectivity index (χ1v) is 7.10. The van der Waals surface area contributed by atoms with Gasteiger partial charge in [0.2, 0.25) is 12.3 Å². The molecule has 0 aromatic heterocycles. The maximum atomic E-state index is 8.44. The van der Waals surface area contributed by atoms with Crippen LogP contribution in [0.5, 0.6) is 11.5 Å². The number of benzene rings is 1. The van der Waals surface area contributed by atoms with Gasteiger partial charge in [-0.2, -0.15) is 0 Å². The Labute approximate surface area is 148 Å². The molecule has 0 aliphatic carbocycles. The van der Waals surface area contributed by atoms with E-state index in [4.69, 9.17) is 38.5 Å². The van der Waals surface area contributed by atoms with Crippen molar-refractivity contribution in [2.24, 2.45) is 5.92 Å². The first-order chi connectivity index (χ1) is 11.1. The van der Waals surface area contributed by atoms with Crippen molar-refractivity contribution in [3.05, 3.63) is 36.4 Å². The summed E-state index contributed by atoms with van der Waals surface area (Å²) in [5, 5.41) is 30.6. The van der Waals surface area contributed by atoms with Crippen LogP contribution in [-0.2, 0) is 0 Å². The van der Waals surface area contributed by atoms with Gasteiger partial charge in [0.15, 0.2) is 0 Å². The molecule has 0 aliphatic heterocycles. The molecule has 1 aromatic rings. The van der Waals surface area contributed by atoms with Crippen LogP contribution < -0.4 is 18.7 Å². The third-order valence-corrected chi connectivity index (χ3v) is 2.45. The zero-order chi connectivity index (χ0) is 19.1. The molecule has 0 saturated carbocycles. The Balaban J connectivity index is 0. The number of rotatable bonds is 6. The summed E-state index contributed by atoms with van der Waals surface area (Å²) in [6.45, 7) is 8.77. The maximum absolute atomic E-state index is 8.44. The van der Waals surface area contributed by atoms with E-state index in [0.717, 1.165) is 17.9 Å². The molecule has 0 amide bonds. The molecule has 2 N–H and O–H groups in total. The fourth-order valence-corrected chi connectivity index (χ4v) is 1.75. The van der Waals surface area contributed by atoms with Gasteiger partial charge >= 0.3 is 106 Å². The SMILES string of the molecule is C=C(C)CC(C)COc1ccccc1[O][Al+2].O=C([O-])O.O=C([O-])O. The van der Waals surface area contributed by atoms with Crippen LogP contribution >= 0.6 is 0 Å². The average molecular weight is 354 g/mol. The minimum absolute atomic E-state index is 0.468. The molecule has 9 heteroatoms. The maximum Gasteiger partial charge on any atom is 0.249 e. The Bertz CT molecular complexity index is 498. The third-order valence-electron chi connectivity index (χ3n) is 2.20.